The smallest absolute Gasteiger partial charge is 0.294 e. The molecule has 0 radical (unpaired) electrons. The minimum atomic E-state index is -0.430. The third kappa shape index (κ3) is 4.18. The summed E-state index contributed by atoms with van der Waals surface area (Å²) in [4.78, 5) is 40.0. The number of aryl methyl sites for hydroxylation is 2. The largest absolute Gasteiger partial charge is 0.325 e. The van der Waals surface area contributed by atoms with Crippen molar-refractivity contribution in [2.24, 2.45) is 0 Å². The summed E-state index contributed by atoms with van der Waals surface area (Å²) < 4.78 is 0. The van der Waals surface area contributed by atoms with Crippen molar-refractivity contribution in [3.63, 3.8) is 0 Å². The summed E-state index contributed by atoms with van der Waals surface area (Å²) in [5, 5.41) is 2.27. The van der Waals surface area contributed by atoms with Crippen LogP contribution in [0.5, 0.6) is 0 Å². The Labute approximate surface area is 153 Å². The molecule has 0 aliphatic carbocycles. The fourth-order valence-corrected chi connectivity index (χ4v) is 4.00. The van der Waals surface area contributed by atoms with Crippen LogP contribution in [0.1, 0.15) is 15.3 Å². The van der Waals surface area contributed by atoms with Gasteiger partial charge in [0.1, 0.15) is 6.54 Å². The van der Waals surface area contributed by atoms with Crippen LogP contribution in [-0.2, 0) is 9.59 Å². The number of anilines is 1. The molecule has 1 saturated heterocycles. The van der Waals surface area contributed by atoms with Crippen molar-refractivity contribution in [3.05, 3.63) is 56.6 Å². The SMILES string of the molecule is Cc1ccc(NC(=O)CN2C(=O)S/C(=C\c3ccc(C)s3)C2=O)cc1. The van der Waals surface area contributed by atoms with Gasteiger partial charge in [0, 0.05) is 15.4 Å². The van der Waals surface area contributed by atoms with E-state index in [0.717, 1.165) is 32.0 Å². The normalized spacial score (nSPS) is 15.9. The molecule has 3 rings (SSSR count). The Morgan fingerprint density at radius 2 is 1.84 bits per heavy atom. The predicted molar refractivity (Wildman–Crippen MR) is 102 cm³/mol. The summed E-state index contributed by atoms with van der Waals surface area (Å²) >= 11 is 2.41. The molecule has 0 atom stereocenters. The number of imide groups is 1. The molecular formula is C18H16N2O3S2. The van der Waals surface area contributed by atoms with Crippen LogP contribution in [0.4, 0.5) is 10.5 Å². The summed E-state index contributed by atoms with van der Waals surface area (Å²) in [6, 6.07) is 11.2. The molecule has 0 saturated carbocycles. The minimum Gasteiger partial charge on any atom is -0.325 e. The van der Waals surface area contributed by atoms with Crippen molar-refractivity contribution >= 4 is 51.9 Å². The lowest BCUT2D eigenvalue weighted by Crippen LogP contribution is -2.36. The zero-order valence-corrected chi connectivity index (χ0v) is 15.4. The lowest BCUT2D eigenvalue weighted by Gasteiger charge is -2.12. The second-order valence-electron chi connectivity index (χ2n) is 5.63. The van der Waals surface area contributed by atoms with Crippen LogP contribution in [0.25, 0.3) is 6.08 Å². The third-order valence-corrected chi connectivity index (χ3v) is 5.40. The van der Waals surface area contributed by atoms with E-state index in [1.807, 2.05) is 38.1 Å². The summed E-state index contributed by atoms with van der Waals surface area (Å²) in [5.74, 6) is -0.834. The first-order chi connectivity index (χ1) is 11.9. The molecular weight excluding hydrogens is 356 g/mol. The van der Waals surface area contributed by atoms with E-state index >= 15 is 0 Å². The van der Waals surface area contributed by atoms with Gasteiger partial charge in [-0.2, -0.15) is 0 Å². The number of nitrogens with zero attached hydrogens (tertiary/aromatic N) is 1. The van der Waals surface area contributed by atoms with Crippen LogP contribution in [0, 0.1) is 13.8 Å². The maximum Gasteiger partial charge on any atom is 0.294 e. The second kappa shape index (κ2) is 7.25. The molecule has 1 fully saturated rings. The highest BCUT2D eigenvalue weighted by molar-refractivity contribution is 8.18. The summed E-state index contributed by atoms with van der Waals surface area (Å²) in [7, 11) is 0. The maximum atomic E-state index is 12.4. The van der Waals surface area contributed by atoms with E-state index in [9.17, 15) is 14.4 Å². The van der Waals surface area contributed by atoms with Crippen LogP contribution >= 0.6 is 23.1 Å². The zero-order valence-electron chi connectivity index (χ0n) is 13.7. The Balaban J connectivity index is 1.67. The van der Waals surface area contributed by atoms with Gasteiger partial charge in [-0.05, 0) is 56.0 Å². The lowest BCUT2D eigenvalue weighted by atomic mass is 10.2. The van der Waals surface area contributed by atoms with Crippen LogP contribution in [0.3, 0.4) is 0 Å². The summed E-state index contributed by atoms with van der Waals surface area (Å²) in [6.07, 6.45) is 1.69. The Hall–Kier alpha value is -2.38. The molecule has 2 heterocycles. The monoisotopic (exact) mass is 372 g/mol. The Morgan fingerprint density at radius 3 is 2.48 bits per heavy atom. The van der Waals surface area contributed by atoms with E-state index in [-0.39, 0.29) is 6.54 Å². The molecule has 1 aromatic heterocycles. The number of hydrogen-bond donors (Lipinski definition) is 1. The topological polar surface area (TPSA) is 66.5 Å². The van der Waals surface area contributed by atoms with Crippen LogP contribution in [0.15, 0.2) is 41.3 Å². The molecule has 0 spiro atoms. The first-order valence-electron chi connectivity index (χ1n) is 7.61. The van der Waals surface area contributed by atoms with Crippen molar-refractivity contribution < 1.29 is 14.4 Å². The maximum absolute atomic E-state index is 12.4. The van der Waals surface area contributed by atoms with Crippen molar-refractivity contribution in [2.75, 3.05) is 11.9 Å². The van der Waals surface area contributed by atoms with Crippen molar-refractivity contribution in [2.45, 2.75) is 13.8 Å². The molecule has 2 aromatic rings. The average Bonchev–Trinajstić information content (AvgIpc) is 3.08. The number of amides is 3. The van der Waals surface area contributed by atoms with Crippen molar-refractivity contribution in [1.82, 2.24) is 4.90 Å². The number of thioether (sulfide) groups is 1. The van der Waals surface area contributed by atoms with Gasteiger partial charge in [-0.25, -0.2) is 0 Å². The highest BCUT2D eigenvalue weighted by atomic mass is 32.2. The molecule has 5 nitrogen and oxygen atoms in total. The molecule has 1 N–H and O–H groups in total. The van der Waals surface area contributed by atoms with E-state index in [1.54, 1.807) is 29.5 Å². The summed E-state index contributed by atoms with van der Waals surface area (Å²) in [6.45, 7) is 3.63. The molecule has 0 bridgehead atoms. The zero-order chi connectivity index (χ0) is 18.0. The number of rotatable bonds is 4. The van der Waals surface area contributed by atoms with Crippen LogP contribution in [0.2, 0.25) is 0 Å². The number of carbonyl (C=O) groups is 3. The second-order valence-corrected chi connectivity index (χ2v) is 7.94. The minimum absolute atomic E-state index is 0.292. The summed E-state index contributed by atoms with van der Waals surface area (Å²) in [5.41, 5.74) is 1.71. The average molecular weight is 372 g/mol. The molecule has 128 valence electrons. The first-order valence-corrected chi connectivity index (χ1v) is 9.24. The van der Waals surface area contributed by atoms with Gasteiger partial charge in [-0.15, -0.1) is 11.3 Å². The molecule has 1 aliphatic rings. The van der Waals surface area contributed by atoms with Gasteiger partial charge in [-0.3, -0.25) is 19.3 Å². The Morgan fingerprint density at radius 1 is 1.12 bits per heavy atom. The van der Waals surface area contributed by atoms with Crippen LogP contribution < -0.4 is 5.32 Å². The molecule has 1 aliphatic heterocycles. The van der Waals surface area contributed by atoms with Crippen molar-refractivity contribution in [1.29, 1.82) is 0 Å². The number of hydrogen-bond acceptors (Lipinski definition) is 5. The van der Waals surface area contributed by atoms with Crippen molar-refractivity contribution in [3.8, 4) is 0 Å². The van der Waals surface area contributed by atoms with Gasteiger partial charge < -0.3 is 5.32 Å². The van der Waals surface area contributed by atoms with E-state index in [0.29, 0.717) is 10.6 Å². The number of thiophene rings is 1. The van der Waals surface area contributed by atoms with E-state index < -0.39 is 17.1 Å². The highest BCUT2D eigenvalue weighted by Crippen LogP contribution is 2.33. The molecule has 7 heteroatoms. The van der Waals surface area contributed by atoms with E-state index in [1.165, 1.54) is 0 Å². The number of carbonyl (C=O) groups excluding carboxylic acids is 3. The van der Waals surface area contributed by atoms with Gasteiger partial charge in [-0.1, -0.05) is 17.7 Å². The van der Waals surface area contributed by atoms with Gasteiger partial charge in [0.2, 0.25) is 5.91 Å². The number of benzene rings is 1. The quantitative estimate of drug-likeness (QED) is 0.823. The van der Waals surface area contributed by atoms with E-state index in [4.69, 9.17) is 0 Å². The lowest BCUT2D eigenvalue weighted by molar-refractivity contribution is -0.127. The van der Waals surface area contributed by atoms with Gasteiger partial charge >= 0.3 is 0 Å². The molecule has 0 unspecified atom stereocenters. The van der Waals surface area contributed by atoms with Gasteiger partial charge in [0.05, 0.1) is 4.91 Å². The standard InChI is InChI=1S/C18H16N2O3S2/c1-11-3-6-13(7-4-11)19-16(21)10-20-17(22)15(25-18(20)23)9-14-8-5-12(2)24-14/h3-9H,10H2,1-2H3,(H,19,21)/b15-9-. The highest BCUT2D eigenvalue weighted by Gasteiger charge is 2.36. The Bertz CT molecular complexity index is 869. The fourth-order valence-electron chi connectivity index (χ4n) is 2.28. The fraction of sp³-hybridized carbons (Fsp3) is 0.167. The molecule has 1 aromatic carbocycles. The molecule has 3 amide bonds. The van der Waals surface area contributed by atoms with Gasteiger partial charge in [0.15, 0.2) is 0 Å². The Kier molecular flexibility index (Phi) is 5.06. The van der Waals surface area contributed by atoms with Crippen LogP contribution in [-0.4, -0.2) is 28.5 Å². The first kappa shape index (κ1) is 17.4. The number of nitrogens with one attached hydrogen (secondary N) is 1. The third-order valence-electron chi connectivity index (χ3n) is 3.55. The van der Waals surface area contributed by atoms with Gasteiger partial charge in [0.25, 0.3) is 11.1 Å². The predicted octanol–water partition coefficient (Wildman–Crippen LogP) is 4.04. The molecule has 25 heavy (non-hydrogen) atoms. The van der Waals surface area contributed by atoms with E-state index in [2.05, 4.69) is 5.32 Å².